The SMILES string of the molecule is CCCCCCCCCCCCCCCCCCO[C@@H]1CCN(c2ccc([N+](=O)[O-])cc2)C1. The molecule has 1 fully saturated rings. The molecule has 0 radical (unpaired) electrons. The van der Waals surface area contributed by atoms with Crippen LogP contribution < -0.4 is 4.90 Å². The third-order valence-electron chi connectivity index (χ3n) is 6.92. The molecule has 0 saturated carbocycles. The van der Waals surface area contributed by atoms with Gasteiger partial charge in [-0.25, -0.2) is 0 Å². The summed E-state index contributed by atoms with van der Waals surface area (Å²) in [5, 5.41) is 10.8. The van der Waals surface area contributed by atoms with E-state index in [1.165, 1.54) is 96.3 Å². The average Bonchev–Trinajstić information content (AvgIpc) is 3.30. The average molecular weight is 461 g/mol. The van der Waals surface area contributed by atoms with Crippen molar-refractivity contribution in [2.45, 2.75) is 122 Å². The van der Waals surface area contributed by atoms with Crippen molar-refractivity contribution >= 4 is 11.4 Å². The van der Waals surface area contributed by atoms with Gasteiger partial charge in [0.2, 0.25) is 0 Å². The van der Waals surface area contributed by atoms with Gasteiger partial charge >= 0.3 is 0 Å². The van der Waals surface area contributed by atoms with Crippen molar-refractivity contribution in [3.05, 3.63) is 34.4 Å². The molecule has 0 unspecified atom stereocenters. The molecule has 1 aliphatic heterocycles. The molecule has 5 nitrogen and oxygen atoms in total. The first-order chi connectivity index (χ1) is 16.2. The van der Waals surface area contributed by atoms with Crippen LogP contribution in [0.25, 0.3) is 0 Å². The lowest BCUT2D eigenvalue weighted by atomic mass is 10.0. The fraction of sp³-hybridized carbons (Fsp3) is 0.786. The van der Waals surface area contributed by atoms with Crippen LogP contribution in [0.5, 0.6) is 0 Å². The molecule has 1 saturated heterocycles. The summed E-state index contributed by atoms with van der Waals surface area (Å²) in [5.41, 5.74) is 1.20. The standard InChI is InChI=1S/C28H48N2O3/c1-2-3-4-5-6-7-8-9-10-11-12-13-14-15-16-17-24-33-28-22-23-29(25-28)26-18-20-27(21-19-26)30(31)32/h18-21,28H,2-17,22-25H2,1H3/t28-/m1/s1. The van der Waals surface area contributed by atoms with E-state index in [1.807, 2.05) is 12.1 Å². The Morgan fingerprint density at radius 1 is 0.818 bits per heavy atom. The first kappa shape index (κ1) is 27.6. The highest BCUT2D eigenvalue weighted by Crippen LogP contribution is 2.24. The van der Waals surface area contributed by atoms with Gasteiger partial charge < -0.3 is 9.64 Å². The summed E-state index contributed by atoms with van der Waals surface area (Å²) >= 11 is 0. The van der Waals surface area contributed by atoms with Crippen molar-refractivity contribution in [3.63, 3.8) is 0 Å². The van der Waals surface area contributed by atoms with E-state index in [2.05, 4.69) is 11.8 Å². The molecule has 1 heterocycles. The topological polar surface area (TPSA) is 55.6 Å². The molecule has 0 spiro atoms. The predicted molar refractivity (Wildman–Crippen MR) is 139 cm³/mol. The zero-order valence-electron chi connectivity index (χ0n) is 21.1. The number of nitrogens with zero attached hydrogens (tertiary/aromatic N) is 2. The second kappa shape index (κ2) is 17.8. The van der Waals surface area contributed by atoms with Crippen LogP contribution >= 0.6 is 0 Å². The molecule has 0 aliphatic carbocycles. The Bertz CT molecular complexity index is 620. The van der Waals surface area contributed by atoms with Crippen LogP contribution in [0.15, 0.2) is 24.3 Å². The van der Waals surface area contributed by atoms with Crippen molar-refractivity contribution in [1.29, 1.82) is 0 Å². The number of benzene rings is 1. The fourth-order valence-corrected chi connectivity index (χ4v) is 4.78. The molecule has 188 valence electrons. The molecule has 0 bridgehead atoms. The Labute approximate surface area is 202 Å². The Morgan fingerprint density at radius 2 is 1.30 bits per heavy atom. The highest BCUT2D eigenvalue weighted by atomic mass is 16.6. The maximum absolute atomic E-state index is 10.8. The van der Waals surface area contributed by atoms with E-state index in [-0.39, 0.29) is 16.7 Å². The summed E-state index contributed by atoms with van der Waals surface area (Å²) in [7, 11) is 0. The van der Waals surface area contributed by atoms with E-state index < -0.39 is 0 Å². The van der Waals surface area contributed by atoms with E-state index in [9.17, 15) is 10.1 Å². The summed E-state index contributed by atoms with van der Waals surface area (Å²) in [6.07, 6.45) is 23.5. The predicted octanol–water partition coefficient (Wildman–Crippen LogP) is 8.45. The quantitative estimate of drug-likeness (QED) is 0.111. The van der Waals surface area contributed by atoms with Crippen LogP contribution in [0.2, 0.25) is 0 Å². The summed E-state index contributed by atoms with van der Waals surface area (Å²) in [5.74, 6) is 0. The van der Waals surface area contributed by atoms with Gasteiger partial charge in [0.1, 0.15) is 0 Å². The van der Waals surface area contributed by atoms with Crippen molar-refractivity contribution in [2.24, 2.45) is 0 Å². The van der Waals surface area contributed by atoms with Crippen LogP contribution in [-0.4, -0.2) is 30.7 Å². The molecule has 0 N–H and O–H groups in total. The number of rotatable bonds is 20. The molecular weight excluding hydrogens is 412 g/mol. The van der Waals surface area contributed by atoms with E-state index in [0.29, 0.717) is 0 Å². The van der Waals surface area contributed by atoms with Gasteiger partial charge in [0.25, 0.3) is 5.69 Å². The smallest absolute Gasteiger partial charge is 0.269 e. The van der Waals surface area contributed by atoms with E-state index in [4.69, 9.17) is 4.74 Å². The van der Waals surface area contributed by atoms with Crippen molar-refractivity contribution in [2.75, 3.05) is 24.6 Å². The van der Waals surface area contributed by atoms with Gasteiger partial charge in [0.05, 0.1) is 11.0 Å². The minimum Gasteiger partial charge on any atom is -0.376 e. The first-order valence-corrected chi connectivity index (χ1v) is 13.8. The highest BCUT2D eigenvalue weighted by molar-refractivity contribution is 5.51. The number of nitro groups is 1. The van der Waals surface area contributed by atoms with Crippen molar-refractivity contribution in [3.8, 4) is 0 Å². The summed E-state index contributed by atoms with van der Waals surface area (Å²) in [4.78, 5) is 12.7. The third kappa shape index (κ3) is 12.4. The zero-order valence-corrected chi connectivity index (χ0v) is 21.1. The maximum atomic E-state index is 10.8. The van der Waals surface area contributed by atoms with E-state index in [1.54, 1.807) is 12.1 Å². The lowest BCUT2D eigenvalue weighted by molar-refractivity contribution is -0.384. The number of hydrogen-bond donors (Lipinski definition) is 0. The number of hydrogen-bond acceptors (Lipinski definition) is 4. The van der Waals surface area contributed by atoms with Gasteiger partial charge in [-0.1, -0.05) is 103 Å². The Morgan fingerprint density at radius 3 is 1.79 bits per heavy atom. The van der Waals surface area contributed by atoms with Crippen LogP contribution in [0.3, 0.4) is 0 Å². The Hall–Kier alpha value is -1.62. The van der Waals surface area contributed by atoms with Crippen LogP contribution in [0.4, 0.5) is 11.4 Å². The zero-order chi connectivity index (χ0) is 23.6. The minimum absolute atomic E-state index is 0.147. The molecule has 1 aliphatic rings. The molecule has 2 rings (SSSR count). The third-order valence-corrected chi connectivity index (χ3v) is 6.92. The molecule has 1 aromatic carbocycles. The van der Waals surface area contributed by atoms with Crippen LogP contribution in [0, 0.1) is 10.1 Å². The Kier molecular flexibility index (Phi) is 14.9. The summed E-state index contributed by atoms with van der Waals surface area (Å²) in [6, 6.07) is 6.85. The molecule has 0 amide bonds. The monoisotopic (exact) mass is 460 g/mol. The van der Waals surface area contributed by atoms with Crippen molar-refractivity contribution in [1.82, 2.24) is 0 Å². The lowest BCUT2D eigenvalue weighted by Gasteiger charge is -2.18. The van der Waals surface area contributed by atoms with Crippen LogP contribution in [-0.2, 0) is 4.74 Å². The number of anilines is 1. The number of non-ortho nitro benzene ring substituents is 1. The van der Waals surface area contributed by atoms with Gasteiger partial charge in [-0.2, -0.15) is 0 Å². The fourth-order valence-electron chi connectivity index (χ4n) is 4.78. The lowest BCUT2D eigenvalue weighted by Crippen LogP contribution is -2.23. The number of unbranched alkanes of at least 4 members (excludes halogenated alkanes) is 15. The van der Waals surface area contributed by atoms with Gasteiger partial charge in [0, 0.05) is 37.5 Å². The minimum atomic E-state index is -0.349. The summed E-state index contributed by atoms with van der Waals surface area (Å²) in [6.45, 7) is 4.99. The molecule has 1 atom stereocenters. The maximum Gasteiger partial charge on any atom is 0.269 e. The molecular formula is C28H48N2O3. The van der Waals surface area contributed by atoms with Gasteiger partial charge in [-0.05, 0) is 25.0 Å². The highest BCUT2D eigenvalue weighted by Gasteiger charge is 2.23. The second-order valence-corrected chi connectivity index (χ2v) is 9.80. The van der Waals surface area contributed by atoms with E-state index >= 15 is 0 Å². The van der Waals surface area contributed by atoms with Crippen molar-refractivity contribution < 1.29 is 9.66 Å². The summed E-state index contributed by atoms with van der Waals surface area (Å²) < 4.78 is 6.09. The van der Waals surface area contributed by atoms with Gasteiger partial charge in [0.15, 0.2) is 0 Å². The largest absolute Gasteiger partial charge is 0.376 e. The Balaban J connectivity index is 1.34. The number of ether oxygens (including phenoxy) is 1. The van der Waals surface area contributed by atoms with E-state index in [0.717, 1.165) is 38.2 Å². The van der Waals surface area contributed by atoms with Crippen LogP contribution in [0.1, 0.15) is 116 Å². The molecule has 1 aromatic rings. The first-order valence-electron chi connectivity index (χ1n) is 13.8. The normalized spacial score (nSPS) is 15.9. The second-order valence-electron chi connectivity index (χ2n) is 9.80. The number of nitro benzene ring substituents is 1. The van der Waals surface area contributed by atoms with Gasteiger partial charge in [-0.15, -0.1) is 0 Å². The molecule has 33 heavy (non-hydrogen) atoms. The molecule has 0 aromatic heterocycles. The molecule has 5 heteroatoms. The van der Waals surface area contributed by atoms with Gasteiger partial charge in [-0.3, -0.25) is 10.1 Å².